The Kier molecular flexibility index (Phi) is 5.69. The zero-order valence-electron chi connectivity index (χ0n) is 15.7. The lowest BCUT2D eigenvalue weighted by atomic mass is 10.0. The third-order valence-electron chi connectivity index (χ3n) is 4.58. The monoisotopic (exact) mass is 457 g/mol. The number of anilines is 1. The third-order valence-corrected chi connectivity index (χ3v) is 6.21. The second kappa shape index (κ2) is 8.26. The summed E-state index contributed by atoms with van der Waals surface area (Å²) in [6.07, 6.45) is 0. The summed E-state index contributed by atoms with van der Waals surface area (Å²) in [7, 11) is 0. The van der Waals surface area contributed by atoms with Crippen molar-refractivity contribution >= 4 is 58.0 Å². The van der Waals surface area contributed by atoms with Crippen LogP contribution >= 0.6 is 35.0 Å². The molecule has 7 heteroatoms. The second-order valence-electron chi connectivity index (χ2n) is 6.67. The van der Waals surface area contributed by atoms with Crippen molar-refractivity contribution in [3.63, 3.8) is 0 Å². The molecule has 0 aromatic heterocycles. The summed E-state index contributed by atoms with van der Waals surface area (Å²) < 4.78 is 13.6. The summed E-state index contributed by atoms with van der Waals surface area (Å²) in [5.74, 6) is -1.59. The van der Waals surface area contributed by atoms with Crippen LogP contribution in [0.25, 0.3) is 5.57 Å². The predicted molar refractivity (Wildman–Crippen MR) is 119 cm³/mol. The van der Waals surface area contributed by atoms with Gasteiger partial charge >= 0.3 is 0 Å². The molecule has 1 aliphatic heterocycles. The Morgan fingerprint density at radius 3 is 2.17 bits per heavy atom. The quantitative estimate of drug-likeness (QED) is 0.418. The summed E-state index contributed by atoms with van der Waals surface area (Å²) in [4.78, 5) is 28.7. The van der Waals surface area contributed by atoms with Crippen LogP contribution in [0, 0.1) is 12.7 Å². The van der Waals surface area contributed by atoms with Crippen molar-refractivity contribution in [1.82, 2.24) is 0 Å². The number of hydrogen-bond donors (Lipinski definition) is 0. The van der Waals surface area contributed by atoms with Crippen LogP contribution in [0.4, 0.5) is 10.1 Å². The smallest absolute Gasteiger partial charge is 0.268 e. The van der Waals surface area contributed by atoms with Crippen molar-refractivity contribution in [2.75, 3.05) is 4.90 Å². The van der Waals surface area contributed by atoms with E-state index in [1.165, 1.54) is 23.9 Å². The lowest BCUT2D eigenvalue weighted by Gasteiger charge is -2.15. The Bertz CT molecular complexity index is 1190. The van der Waals surface area contributed by atoms with Gasteiger partial charge in [-0.3, -0.25) is 9.59 Å². The number of thioether (sulfide) groups is 1. The van der Waals surface area contributed by atoms with Gasteiger partial charge in [0.05, 0.1) is 21.2 Å². The van der Waals surface area contributed by atoms with Gasteiger partial charge < -0.3 is 0 Å². The van der Waals surface area contributed by atoms with Crippen molar-refractivity contribution in [2.45, 2.75) is 11.8 Å². The Morgan fingerprint density at radius 1 is 0.867 bits per heavy atom. The molecule has 3 aromatic carbocycles. The number of aryl methyl sites for hydroxylation is 1. The van der Waals surface area contributed by atoms with E-state index in [1.807, 2.05) is 19.1 Å². The summed E-state index contributed by atoms with van der Waals surface area (Å²) in [5, 5.41) is 0.410. The minimum atomic E-state index is -0.623. The van der Waals surface area contributed by atoms with Crippen molar-refractivity contribution in [3.8, 4) is 0 Å². The first-order valence-electron chi connectivity index (χ1n) is 8.94. The van der Waals surface area contributed by atoms with Crippen LogP contribution in [0.2, 0.25) is 10.0 Å². The highest BCUT2D eigenvalue weighted by molar-refractivity contribution is 8.04. The summed E-state index contributed by atoms with van der Waals surface area (Å²) in [6.45, 7) is 1.94. The molecule has 3 aromatic rings. The van der Waals surface area contributed by atoms with Gasteiger partial charge in [0, 0.05) is 9.92 Å². The molecule has 150 valence electrons. The van der Waals surface area contributed by atoms with Gasteiger partial charge in [0.25, 0.3) is 11.8 Å². The molecule has 30 heavy (non-hydrogen) atoms. The first-order valence-corrected chi connectivity index (χ1v) is 10.5. The maximum Gasteiger partial charge on any atom is 0.272 e. The molecule has 0 spiro atoms. The Labute approximate surface area is 187 Å². The van der Waals surface area contributed by atoms with Gasteiger partial charge in [-0.05, 0) is 55.0 Å². The van der Waals surface area contributed by atoms with Crippen molar-refractivity contribution in [2.24, 2.45) is 0 Å². The molecule has 0 unspecified atom stereocenters. The van der Waals surface area contributed by atoms with Crippen molar-refractivity contribution < 1.29 is 14.0 Å². The molecule has 0 atom stereocenters. The lowest BCUT2D eigenvalue weighted by Crippen LogP contribution is -2.31. The lowest BCUT2D eigenvalue weighted by molar-refractivity contribution is -0.119. The van der Waals surface area contributed by atoms with Crippen LogP contribution in [0.5, 0.6) is 0 Å². The number of amides is 2. The van der Waals surface area contributed by atoms with E-state index in [2.05, 4.69) is 0 Å². The van der Waals surface area contributed by atoms with E-state index in [9.17, 15) is 14.0 Å². The first-order chi connectivity index (χ1) is 14.3. The summed E-state index contributed by atoms with van der Waals surface area (Å²) >= 11 is 13.0. The van der Waals surface area contributed by atoms with Crippen LogP contribution < -0.4 is 4.90 Å². The fourth-order valence-electron chi connectivity index (χ4n) is 3.06. The average Bonchev–Trinajstić information content (AvgIpc) is 2.96. The van der Waals surface area contributed by atoms with Crippen LogP contribution in [0.1, 0.15) is 11.1 Å². The zero-order chi connectivity index (χ0) is 21.4. The van der Waals surface area contributed by atoms with Gasteiger partial charge in [0.1, 0.15) is 5.82 Å². The fourth-order valence-corrected chi connectivity index (χ4v) is 4.35. The number of carbonyl (C=O) groups is 2. The molecule has 0 saturated carbocycles. The van der Waals surface area contributed by atoms with Gasteiger partial charge in [0.15, 0.2) is 0 Å². The molecule has 0 N–H and O–H groups in total. The molecule has 0 bridgehead atoms. The van der Waals surface area contributed by atoms with E-state index in [0.717, 1.165) is 21.4 Å². The van der Waals surface area contributed by atoms with Crippen LogP contribution in [0.15, 0.2) is 76.5 Å². The number of hydrogen-bond acceptors (Lipinski definition) is 3. The van der Waals surface area contributed by atoms with Crippen LogP contribution in [-0.2, 0) is 9.59 Å². The maximum absolute atomic E-state index is 13.6. The number of nitrogens with zero attached hydrogens (tertiary/aromatic N) is 1. The van der Waals surface area contributed by atoms with E-state index >= 15 is 0 Å². The highest BCUT2D eigenvalue weighted by atomic mass is 35.5. The Hall–Kier alpha value is -2.60. The predicted octanol–water partition coefficient (Wildman–Crippen LogP) is 6.52. The first kappa shape index (κ1) is 20.7. The fraction of sp³-hybridized carbons (Fsp3) is 0.0435. The molecule has 4 rings (SSSR count). The van der Waals surface area contributed by atoms with Gasteiger partial charge in [-0.2, -0.15) is 0 Å². The molecule has 1 heterocycles. The normalized spacial score (nSPS) is 14.1. The molecule has 0 radical (unpaired) electrons. The molecule has 0 fully saturated rings. The number of carbonyl (C=O) groups excluding carboxylic acids is 2. The number of benzene rings is 3. The summed E-state index contributed by atoms with van der Waals surface area (Å²) in [6, 6.07) is 18.1. The number of imide groups is 1. The summed E-state index contributed by atoms with van der Waals surface area (Å²) in [5.41, 5.74) is 2.17. The minimum Gasteiger partial charge on any atom is -0.268 e. The molecule has 1 aliphatic rings. The SMILES string of the molecule is Cc1ccc(C2=C(Sc3ccc(Cl)cc3)C(=O)N(c3ccc(F)c(Cl)c3)C2=O)cc1. The molecular formula is C23H14Cl2FNO2S. The molecule has 3 nitrogen and oxygen atoms in total. The van der Waals surface area contributed by atoms with Gasteiger partial charge in [-0.1, -0.05) is 64.8 Å². The molecule has 0 aliphatic carbocycles. The van der Waals surface area contributed by atoms with E-state index in [4.69, 9.17) is 23.2 Å². The Morgan fingerprint density at radius 2 is 1.53 bits per heavy atom. The maximum atomic E-state index is 13.6. The molecular weight excluding hydrogens is 444 g/mol. The minimum absolute atomic E-state index is 0.163. The third kappa shape index (κ3) is 3.88. The van der Waals surface area contributed by atoms with Crippen molar-refractivity contribution in [1.29, 1.82) is 0 Å². The molecule has 2 amide bonds. The largest absolute Gasteiger partial charge is 0.272 e. The molecule has 0 saturated heterocycles. The average molecular weight is 458 g/mol. The van der Waals surface area contributed by atoms with Gasteiger partial charge in [-0.25, -0.2) is 9.29 Å². The van der Waals surface area contributed by atoms with Crippen LogP contribution in [-0.4, -0.2) is 11.8 Å². The van der Waals surface area contributed by atoms with E-state index in [-0.39, 0.29) is 15.6 Å². The van der Waals surface area contributed by atoms with E-state index < -0.39 is 17.6 Å². The highest BCUT2D eigenvalue weighted by Gasteiger charge is 2.40. The van der Waals surface area contributed by atoms with E-state index in [0.29, 0.717) is 16.2 Å². The zero-order valence-corrected chi connectivity index (χ0v) is 18.0. The van der Waals surface area contributed by atoms with Crippen LogP contribution in [0.3, 0.4) is 0 Å². The second-order valence-corrected chi connectivity index (χ2v) is 8.60. The highest BCUT2D eigenvalue weighted by Crippen LogP contribution is 2.42. The van der Waals surface area contributed by atoms with Gasteiger partial charge in [0.2, 0.25) is 0 Å². The van der Waals surface area contributed by atoms with Crippen molar-refractivity contribution in [3.05, 3.63) is 98.6 Å². The number of halogens is 3. The van der Waals surface area contributed by atoms with E-state index in [1.54, 1.807) is 36.4 Å². The Balaban J connectivity index is 1.82. The number of rotatable bonds is 4. The van der Waals surface area contributed by atoms with Gasteiger partial charge in [-0.15, -0.1) is 0 Å². The standard InChI is InChI=1S/C23H14Cl2FNO2S/c1-13-2-4-14(5-3-13)20-21(30-17-9-6-15(24)7-10-17)23(29)27(22(20)28)16-8-11-19(26)18(25)12-16/h2-12H,1H3. The topological polar surface area (TPSA) is 37.4 Å².